The Kier molecular flexibility index (Phi) is 7.75. The summed E-state index contributed by atoms with van der Waals surface area (Å²) >= 11 is 0. The van der Waals surface area contributed by atoms with Crippen molar-refractivity contribution in [3.05, 3.63) is 34.2 Å². The lowest BCUT2D eigenvalue weighted by Gasteiger charge is -2.10. The van der Waals surface area contributed by atoms with Crippen LogP contribution in [0.15, 0.2) is 23.1 Å². The zero-order valence-corrected chi connectivity index (χ0v) is 12.1. The first-order chi connectivity index (χ1) is 8.15. The van der Waals surface area contributed by atoms with Gasteiger partial charge in [0.1, 0.15) is 0 Å². The summed E-state index contributed by atoms with van der Waals surface area (Å²) in [7, 11) is 0. The molecule has 108 valence electrons. The van der Waals surface area contributed by atoms with Crippen molar-refractivity contribution in [1.29, 1.82) is 0 Å². The van der Waals surface area contributed by atoms with Crippen LogP contribution in [0.2, 0.25) is 0 Å². The van der Waals surface area contributed by atoms with Gasteiger partial charge >= 0.3 is 0 Å². The van der Waals surface area contributed by atoms with Gasteiger partial charge in [-0.25, -0.2) is 0 Å². The second-order valence-electron chi connectivity index (χ2n) is 4.55. The summed E-state index contributed by atoms with van der Waals surface area (Å²) in [6.07, 6.45) is 4.19. The number of rotatable bonds is 3. The molecule has 0 radical (unpaired) electrons. The van der Waals surface area contributed by atoms with E-state index in [0.717, 1.165) is 24.8 Å². The fourth-order valence-electron chi connectivity index (χ4n) is 2.14. The third-order valence-corrected chi connectivity index (χ3v) is 3.16. The molecule has 19 heavy (non-hydrogen) atoms. The van der Waals surface area contributed by atoms with Crippen LogP contribution in [0.4, 0.5) is 0 Å². The molecule has 7 heteroatoms. The van der Waals surface area contributed by atoms with E-state index < -0.39 is 0 Å². The number of nitrogens with one attached hydrogen (secondary N) is 2. The van der Waals surface area contributed by atoms with Gasteiger partial charge in [-0.05, 0) is 24.8 Å². The lowest BCUT2D eigenvalue weighted by Crippen LogP contribution is -2.30. The molecule has 0 saturated heterocycles. The maximum atomic E-state index is 11.8. The summed E-state index contributed by atoms with van der Waals surface area (Å²) in [6.45, 7) is 0.446. The summed E-state index contributed by atoms with van der Waals surface area (Å²) in [5.74, 6) is 0.108. The summed E-state index contributed by atoms with van der Waals surface area (Å²) in [6, 6.07) is 3.32. The minimum atomic E-state index is -0.137. The summed E-state index contributed by atoms with van der Waals surface area (Å²) in [5.41, 5.74) is 6.52. The van der Waals surface area contributed by atoms with E-state index in [1.807, 2.05) is 0 Å². The van der Waals surface area contributed by atoms with Gasteiger partial charge in [0.25, 0.3) is 0 Å². The monoisotopic (exact) mass is 307 g/mol. The number of hydrogen-bond acceptors (Lipinski definition) is 3. The van der Waals surface area contributed by atoms with Gasteiger partial charge < -0.3 is 16.0 Å². The lowest BCUT2D eigenvalue weighted by atomic mass is 10.1. The molecule has 1 heterocycles. The number of amides is 1. The number of aromatic nitrogens is 1. The van der Waals surface area contributed by atoms with Crippen molar-refractivity contribution in [3.63, 3.8) is 0 Å². The molecule has 1 aliphatic rings. The van der Waals surface area contributed by atoms with Crippen LogP contribution < -0.4 is 16.6 Å². The van der Waals surface area contributed by atoms with Gasteiger partial charge in [0.15, 0.2) is 0 Å². The second kappa shape index (κ2) is 8.19. The highest BCUT2D eigenvalue weighted by molar-refractivity contribution is 5.85. The first-order valence-corrected chi connectivity index (χ1v) is 5.86. The minimum absolute atomic E-state index is 0. The lowest BCUT2D eigenvalue weighted by molar-refractivity contribution is -0.125. The number of halogens is 2. The Hall–Kier alpha value is -1.04. The van der Waals surface area contributed by atoms with E-state index >= 15 is 0 Å². The quantitative estimate of drug-likeness (QED) is 0.777. The van der Waals surface area contributed by atoms with Crippen LogP contribution in [0.5, 0.6) is 0 Å². The molecule has 1 aliphatic carbocycles. The van der Waals surface area contributed by atoms with E-state index in [0.29, 0.717) is 6.54 Å². The number of aromatic amines is 1. The standard InChI is InChI=1S/C12H17N3O2.2ClH/c13-10-3-2-9(5-10)12(17)15-7-8-1-4-11(16)14-6-8;;/h1,4,6,9-10H,2-3,5,7,13H2,(H,14,16)(H,15,17);2*1H. The van der Waals surface area contributed by atoms with Crippen LogP contribution in [0.25, 0.3) is 0 Å². The minimum Gasteiger partial charge on any atom is -0.352 e. The van der Waals surface area contributed by atoms with E-state index in [4.69, 9.17) is 5.73 Å². The Balaban J connectivity index is 0.00000162. The Labute approximate surface area is 124 Å². The Bertz CT molecular complexity index is 444. The molecular weight excluding hydrogens is 289 g/mol. The average Bonchev–Trinajstić information content (AvgIpc) is 2.75. The van der Waals surface area contributed by atoms with Crippen LogP contribution in [0, 0.1) is 5.92 Å². The van der Waals surface area contributed by atoms with Crippen LogP contribution in [-0.4, -0.2) is 16.9 Å². The summed E-state index contributed by atoms with van der Waals surface area (Å²) < 4.78 is 0. The molecule has 2 unspecified atom stereocenters. The largest absolute Gasteiger partial charge is 0.352 e. The predicted molar refractivity (Wildman–Crippen MR) is 78.7 cm³/mol. The molecule has 4 N–H and O–H groups in total. The highest BCUT2D eigenvalue weighted by atomic mass is 35.5. The van der Waals surface area contributed by atoms with Crippen molar-refractivity contribution in [1.82, 2.24) is 10.3 Å². The van der Waals surface area contributed by atoms with Crippen LogP contribution in [0.3, 0.4) is 0 Å². The average molecular weight is 308 g/mol. The van der Waals surface area contributed by atoms with E-state index in [9.17, 15) is 9.59 Å². The van der Waals surface area contributed by atoms with Crippen molar-refractivity contribution in [2.24, 2.45) is 11.7 Å². The van der Waals surface area contributed by atoms with Gasteiger partial charge in [-0.15, -0.1) is 24.8 Å². The van der Waals surface area contributed by atoms with Crippen molar-refractivity contribution in [2.45, 2.75) is 31.8 Å². The highest BCUT2D eigenvalue weighted by Crippen LogP contribution is 2.24. The van der Waals surface area contributed by atoms with Crippen LogP contribution >= 0.6 is 24.8 Å². The van der Waals surface area contributed by atoms with E-state index in [2.05, 4.69) is 10.3 Å². The third-order valence-electron chi connectivity index (χ3n) is 3.16. The molecule has 0 spiro atoms. The normalized spacial score (nSPS) is 21.1. The number of hydrogen-bond donors (Lipinski definition) is 3. The predicted octanol–water partition coefficient (Wildman–Crippen LogP) is 0.962. The summed E-state index contributed by atoms with van der Waals surface area (Å²) in [5, 5.41) is 2.86. The van der Waals surface area contributed by atoms with E-state index in [1.54, 1.807) is 12.3 Å². The van der Waals surface area contributed by atoms with Gasteiger partial charge in [-0.1, -0.05) is 6.07 Å². The first-order valence-electron chi connectivity index (χ1n) is 5.86. The molecule has 0 bridgehead atoms. The molecule has 2 atom stereocenters. The number of carbonyl (C=O) groups excluding carboxylic acids is 1. The molecule has 0 aromatic carbocycles. The Morgan fingerprint density at radius 3 is 2.63 bits per heavy atom. The number of H-pyrrole nitrogens is 1. The third kappa shape index (κ3) is 5.22. The zero-order valence-electron chi connectivity index (χ0n) is 10.4. The number of nitrogens with two attached hydrogens (primary N) is 1. The van der Waals surface area contributed by atoms with Crippen molar-refractivity contribution in [2.75, 3.05) is 0 Å². The Morgan fingerprint density at radius 2 is 2.11 bits per heavy atom. The van der Waals surface area contributed by atoms with Crippen molar-refractivity contribution in [3.8, 4) is 0 Å². The topological polar surface area (TPSA) is 88.0 Å². The molecule has 1 saturated carbocycles. The molecular formula is C12H19Cl2N3O2. The maximum absolute atomic E-state index is 11.8. The maximum Gasteiger partial charge on any atom is 0.247 e. The van der Waals surface area contributed by atoms with E-state index in [1.165, 1.54) is 6.07 Å². The molecule has 1 aromatic heterocycles. The molecule has 1 amide bonds. The SMILES string of the molecule is Cl.Cl.NC1CCC(C(=O)NCc2ccc(=O)[nH]c2)C1. The first kappa shape index (κ1) is 18.0. The van der Waals surface area contributed by atoms with Gasteiger partial charge in [0.05, 0.1) is 0 Å². The van der Waals surface area contributed by atoms with Crippen molar-refractivity contribution >= 4 is 30.7 Å². The molecule has 1 aromatic rings. The fourth-order valence-corrected chi connectivity index (χ4v) is 2.14. The van der Waals surface area contributed by atoms with Crippen LogP contribution in [-0.2, 0) is 11.3 Å². The van der Waals surface area contributed by atoms with Gasteiger partial charge in [-0.3, -0.25) is 9.59 Å². The highest BCUT2D eigenvalue weighted by Gasteiger charge is 2.27. The molecule has 0 aliphatic heterocycles. The smallest absolute Gasteiger partial charge is 0.247 e. The van der Waals surface area contributed by atoms with E-state index in [-0.39, 0.29) is 48.2 Å². The zero-order chi connectivity index (χ0) is 12.3. The molecule has 2 rings (SSSR count). The van der Waals surface area contributed by atoms with Crippen LogP contribution in [0.1, 0.15) is 24.8 Å². The van der Waals surface area contributed by atoms with Gasteiger partial charge in [-0.2, -0.15) is 0 Å². The van der Waals surface area contributed by atoms with Crippen molar-refractivity contribution < 1.29 is 4.79 Å². The second-order valence-corrected chi connectivity index (χ2v) is 4.55. The summed E-state index contributed by atoms with van der Waals surface area (Å²) in [4.78, 5) is 25.2. The molecule has 5 nitrogen and oxygen atoms in total. The Morgan fingerprint density at radius 1 is 1.37 bits per heavy atom. The van der Waals surface area contributed by atoms with Gasteiger partial charge in [0.2, 0.25) is 11.5 Å². The molecule has 1 fully saturated rings. The van der Waals surface area contributed by atoms with Gasteiger partial charge in [0, 0.05) is 30.8 Å². The number of pyridine rings is 1. The fraction of sp³-hybridized carbons (Fsp3) is 0.500. The number of carbonyl (C=O) groups is 1.